The van der Waals surface area contributed by atoms with E-state index in [1.54, 1.807) is 0 Å². The molecule has 0 radical (unpaired) electrons. The van der Waals surface area contributed by atoms with Crippen molar-refractivity contribution >= 4 is 0 Å². The van der Waals surface area contributed by atoms with E-state index in [2.05, 4.69) is 31.2 Å². The maximum atomic E-state index is 5.86. The van der Waals surface area contributed by atoms with Gasteiger partial charge in [0, 0.05) is 0 Å². The molecule has 19 heavy (non-hydrogen) atoms. The molecule has 2 aromatic rings. The summed E-state index contributed by atoms with van der Waals surface area (Å²) >= 11 is 0. The minimum absolute atomic E-state index is 0.0104. The second kappa shape index (κ2) is 8.46. The van der Waals surface area contributed by atoms with Gasteiger partial charge in [-0.25, -0.2) is 0 Å². The van der Waals surface area contributed by atoms with Crippen LogP contribution in [0.25, 0.3) is 0 Å². The van der Waals surface area contributed by atoms with Gasteiger partial charge < -0.3 is 5.73 Å². The fourth-order valence-corrected chi connectivity index (χ4v) is 1.66. The van der Waals surface area contributed by atoms with Crippen molar-refractivity contribution in [2.24, 2.45) is 5.73 Å². The van der Waals surface area contributed by atoms with E-state index in [4.69, 9.17) is 5.73 Å². The molecule has 0 aliphatic heterocycles. The van der Waals surface area contributed by atoms with Crippen LogP contribution >= 0.6 is 0 Å². The van der Waals surface area contributed by atoms with Crippen LogP contribution in [0.15, 0.2) is 60.7 Å². The SMILES string of the molecule is CCc1ccccc1.CN(C)C(N)c1ccccc1. The lowest BCUT2D eigenvalue weighted by Crippen LogP contribution is -2.27. The quantitative estimate of drug-likeness (QED) is 0.852. The molecule has 0 amide bonds. The zero-order valence-corrected chi connectivity index (χ0v) is 12.1. The number of hydrogen-bond acceptors (Lipinski definition) is 2. The van der Waals surface area contributed by atoms with Gasteiger partial charge in [-0.15, -0.1) is 0 Å². The molecule has 2 rings (SSSR count). The van der Waals surface area contributed by atoms with Crippen LogP contribution in [0, 0.1) is 0 Å². The van der Waals surface area contributed by atoms with Crippen molar-refractivity contribution < 1.29 is 0 Å². The summed E-state index contributed by atoms with van der Waals surface area (Å²) < 4.78 is 0. The number of rotatable bonds is 3. The maximum Gasteiger partial charge on any atom is 0.0830 e. The van der Waals surface area contributed by atoms with Gasteiger partial charge in [-0.1, -0.05) is 67.6 Å². The Bertz CT molecular complexity index is 437. The highest BCUT2D eigenvalue weighted by molar-refractivity contribution is 5.17. The molecule has 0 aliphatic carbocycles. The summed E-state index contributed by atoms with van der Waals surface area (Å²) in [6.07, 6.45) is 1.15. The Kier molecular flexibility index (Phi) is 6.86. The van der Waals surface area contributed by atoms with Gasteiger partial charge in [0.25, 0.3) is 0 Å². The summed E-state index contributed by atoms with van der Waals surface area (Å²) in [5.41, 5.74) is 8.42. The van der Waals surface area contributed by atoms with Gasteiger partial charge in [0.1, 0.15) is 0 Å². The fraction of sp³-hybridized carbons (Fsp3) is 0.294. The third-order valence-corrected chi connectivity index (χ3v) is 2.95. The van der Waals surface area contributed by atoms with Gasteiger partial charge in [-0.2, -0.15) is 0 Å². The van der Waals surface area contributed by atoms with E-state index in [0.29, 0.717) is 0 Å². The number of nitrogens with two attached hydrogens (primary N) is 1. The smallest absolute Gasteiger partial charge is 0.0830 e. The molecule has 2 nitrogen and oxygen atoms in total. The molecule has 0 bridgehead atoms. The standard InChI is InChI=1S/C9H14N2.C8H10/c1-11(2)9(10)8-6-4-3-5-7-8;1-2-8-6-4-3-5-7-8/h3-7,9H,10H2,1-2H3;3-7H,2H2,1H3. The Hall–Kier alpha value is -1.64. The lowest BCUT2D eigenvalue weighted by atomic mass is 10.2. The Morgan fingerprint density at radius 2 is 1.37 bits per heavy atom. The van der Waals surface area contributed by atoms with E-state index in [9.17, 15) is 0 Å². The first-order valence-corrected chi connectivity index (χ1v) is 6.66. The van der Waals surface area contributed by atoms with Crippen molar-refractivity contribution in [3.8, 4) is 0 Å². The monoisotopic (exact) mass is 256 g/mol. The summed E-state index contributed by atoms with van der Waals surface area (Å²) in [5.74, 6) is 0. The van der Waals surface area contributed by atoms with E-state index in [1.807, 2.05) is 55.4 Å². The molecular weight excluding hydrogens is 232 g/mol. The third-order valence-electron chi connectivity index (χ3n) is 2.95. The molecule has 1 unspecified atom stereocenters. The summed E-state index contributed by atoms with van der Waals surface area (Å²) in [5, 5.41) is 0. The van der Waals surface area contributed by atoms with Gasteiger partial charge in [0.2, 0.25) is 0 Å². The van der Waals surface area contributed by atoms with Crippen LogP contribution in [-0.4, -0.2) is 19.0 Å². The summed E-state index contributed by atoms with van der Waals surface area (Å²) in [4.78, 5) is 1.98. The summed E-state index contributed by atoms with van der Waals surface area (Å²) in [6.45, 7) is 2.16. The van der Waals surface area contributed by atoms with Crippen LogP contribution in [0.4, 0.5) is 0 Å². The molecule has 0 heterocycles. The van der Waals surface area contributed by atoms with Crippen molar-refractivity contribution in [2.75, 3.05) is 14.1 Å². The van der Waals surface area contributed by atoms with Gasteiger partial charge in [0.05, 0.1) is 6.17 Å². The molecule has 2 aromatic carbocycles. The molecule has 0 aromatic heterocycles. The van der Waals surface area contributed by atoms with Crippen LogP contribution in [0.3, 0.4) is 0 Å². The lowest BCUT2D eigenvalue weighted by Gasteiger charge is -2.19. The molecule has 0 saturated carbocycles. The number of nitrogens with zero attached hydrogens (tertiary/aromatic N) is 1. The second-order valence-corrected chi connectivity index (χ2v) is 4.66. The highest BCUT2D eigenvalue weighted by Crippen LogP contribution is 2.10. The Balaban J connectivity index is 0.000000200. The van der Waals surface area contributed by atoms with E-state index in [-0.39, 0.29) is 6.17 Å². The Morgan fingerprint density at radius 3 is 1.74 bits per heavy atom. The topological polar surface area (TPSA) is 29.3 Å². The van der Waals surface area contributed by atoms with Crippen molar-refractivity contribution in [2.45, 2.75) is 19.5 Å². The molecule has 1 atom stereocenters. The van der Waals surface area contributed by atoms with E-state index in [0.717, 1.165) is 12.0 Å². The second-order valence-electron chi connectivity index (χ2n) is 4.66. The molecule has 2 N–H and O–H groups in total. The first-order chi connectivity index (χ1) is 9.15. The summed E-state index contributed by atoms with van der Waals surface area (Å²) in [7, 11) is 3.94. The third kappa shape index (κ3) is 5.69. The van der Waals surface area contributed by atoms with Crippen LogP contribution in [0.1, 0.15) is 24.2 Å². The Labute approximate surface area is 116 Å². The minimum atomic E-state index is 0.0104. The number of aryl methyl sites for hydroxylation is 1. The fourth-order valence-electron chi connectivity index (χ4n) is 1.66. The van der Waals surface area contributed by atoms with E-state index >= 15 is 0 Å². The van der Waals surface area contributed by atoms with Crippen molar-refractivity contribution in [1.29, 1.82) is 0 Å². The lowest BCUT2D eigenvalue weighted by molar-refractivity contribution is 0.307. The van der Waals surface area contributed by atoms with E-state index in [1.165, 1.54) is 5.56 Å². The van der Waals surface area contributed by atoms with Gasteiger partial charge >= 0.3 is 0 Å². The molecule has 0 saturated heterocycles. The van der Waals surface area contributed by atoms with Crippen molar-refractivity contribution in [1.82, 2.24) is 4.90 Å². The van der Waals surface area contributed by atoms with Gasteiger partial charge in [-0.05, 0) is 31.6 Å². The maximum absolute atomic E-state index is 5.86. The minimum Gasteiger partial charge on any atom is -0.312 e. The van der Waals surface area contributed by atoms with Crippen LogP contribution < -0.4 is 5.73 Å². The first-order valence-electron chi connectivity index (χ1n) is 6.66. The largest absolute Gasteiger partial charge is 0.312 e. The Morgan fingerprint density at radius 1 is 0.895 bits per heavy atom. The zero-order chi connectivity index (χ0) is 14.1. The van der Waals surface area contributed by atoms with Gasteiger partial charge in [0.15, 0.2) is 0 Å². The highest BCUT2D eigenvalue weighted by atomic mass is 15.2. The van der Waals surface area contributed by atoms with Crippen molar-refractivity contribution in [3.05, 3.63) is 71.8 Å². The average molecular weight is 256 g/mol. The van der Waals surface area contributed by atoms with Crippen LogP contribution in [0.2, 0.25) is 0 Å². The highest BCUT2D eigenvalue weighted by Gasteiger charge is 2.05. The molecule has 0 spiro atoms. The molecule has 2 heteroatoms. The molecule has 0 aliphatic rings. The summed E-state index contributed by atoms with van der Waals surface area (Å²) in [6, 6.07) is 20.5. The average Bonchev–Trinajstić information content (AvgIpc) is 2.48. The molecule has 0 fully saturated rings. The predicted octanol–water partition coefficient (Wildman–Crippen LogP) is 3.45. The van der Waals surface area contributed by atoms with E-state index < -0.39 is 0 Å². The molecule has 102 valence electrons. The molecular formula is C17H24N2. The normalized spacial score (nSPS) is 11.6. The number of hydrogen-bond donors (Lipinski definition) is 1. The van der Waals surface area contributed by atoms with Crippen molar-refractivity contribution in [3.63, 3.8) is 0 Å². The predicted molar refractivity (Wildman–Crippen MR) is 82.9 cm³/mol. The van der Waals surface area contributed by atoms with Gasteiger partial charge in [-0.3, -0.25) is 4.90 Å². The van der Waals surface area contributed by atoms with Crippen LogP contribution in [-0.2, 0) is 6.42 Å². The zero-order valence-electron chi connectivity index (χ0n) is 12.1. The first kappa shape index (κ1) is 15.4. The number of benzene rings is 2. The van der Waals surface area contributed by atoms with Crippen LogP contribution in [0.5, 0.6) is 0 Å².